The lowest BCUT2D eigenvalue weighted by atomic mass is 10.4. The predicted molar refractivity (Wildman–Crippen MR) is 44.3 cm³/mol. The van der Waals surface area contributed by atoms with Crippen LogP contribution in [0.5, 0.6) is 0 Å². The van der Waals surface area contributed by atoms with Gasteiger partial charge in [0.1, 0.15) is 0 Å². The van der Waals surface area contributed by atoms with E-state index in [1.807, 2.05) is 0 Å². The Morgan fingerprint density at radius 1 is 1.44 bits per heavy atom. The molecular weight excluding hydrogens is 129 g/mol. The van der Waals surface area contributed by atoms with Crippen LogP contribution in [0, 0.1) is 0 Å². The monoisotopic (exact) mass is 143 g/mol. The van der Waals surface area contributed by atoms with Gasteiger partial charge in [-0.05, 0) is 25.6 Å². The molecule has 1 heterocycles. The van der Waals surface area contributed by atoms with E-state index < -0.39 is 0 Å². The molecule has 1 aliphatic heterocycles. The van der Waals surface area contributed by atoms with Crippen LogP contribution in [0.25, 0.3) is 0 Å². The highest BCUT2D eigenvalue weighted by molar-refractivity contribution is 7.20. The van der Waals surface area contributed by atoms with Crippen molar-refractivity contribution in [1.29, 1.82) is 0 Å². The molecule has 1 unspecified atom stereocenters. The van der Waals surface area contributed by atoms with Crippen LogP contribution in [0.15, 0.2) is 11.5 Å². The predicted octanol–water partition coefficient (Wildman–Crippen LogP) is 1.82. The van der Waals surface area contributed by atoms with Gasteiger partial charge in [0.15, 0.2) is 0 Å². The van der Waals surface area contributed by atoms with Gasteiger partial charge in [-0.25, -0.2) is 0 Å². The van der Waals surface area contributed by atoms with Gasteiger partial charge in [-0.15, -0.1) is 9.24 Å². The number of allylic oxidation sites excluding steroid dienone is 1. The molecule has 0 aromatic rings. The topological polar surface area (TPSA) is 3.24 Å². The molecular formula is C7H14NP. The summed E-state index contributed by atoms with van der Waals surface area (Å²) < 4.78 is 0. The lowest BCUT2D eigenvalue weighted by molar-refractivity contribution is 0.429. The van der Waals surface area contributed by atoms with E-state index in [1.54, 1.807) is 0 Å². The Morgan fingerprint density at radius 2 is 2.00 bits per heavy atom. The smallest absolute Gasteiger partial charge is 0.0175 e. The fraction of sp³-hybridized carbons (Fsp3) is 0.714. The van der Waals surface area contributed by atoms with Crippen LogP contribution in [-0.2, 0) is 0 Å². The van der Waals surface area contributed by atoms with Crippen LogP contribution in [0.1, 0.15) is 19.8 Å². The zero-order valence-electron chi connectivity index (χ0n) is 5.93. The maximum atomic E-state index is 2.65. The summed E-state index contributed by atoms with van der Waals surface area (Å²) in [6.45, 7) is 4.69. The Kier molecular flexibility index (Phi) is 2.53. The molecule has 1 aliphatic rings. The van der Waals surface area contributed by atoms with Crippen molar-refractivity contribution >= 4 is 9.24 Å². The van der Waals surface area contributed by atoms with Gasteiger partial charge < -0.3 is 4.90 Å². The van der Waals surface area contributed by atoms with Gasteiger partial charge in [0, 0.05) is 18.8 Å². The highest BCUT2D eigenvalue weighted by Gasteiger charge is 2.09. The lowest BCUT2D eigenvalue weighted by Crippen LogP contribution is -2.15. The summed E-state index contributed by atoms with van der Waals surface area (Å²) >= 11 is 0. The molecule has 1 nitrogen and oxygen atoms in total. The molecule has 1 saturated heterocycles. The normalized spacial score (nSPS) is 21.1. The number of hydrogen-bond donors (Lipinski definition) is 0. The highest BCUT2D eigenvalue weighted by Crippen LogP contribution is 2.14. The largest absolute Gasteiger partial charge is 0.375 e. The second-order valence-electron chi connectivity index (χ2n) is 2.50. The minimum absolute atomic E-state index is 1.26. The number of hydrogen-bond acceptors (Lipinski definition) is 1. The van der Waals surface area contributed by atoms with Gasteiger partial charge in [0.2, 0.25) is 0 Å². The first-order chi connectivity index (χ1) is 4.34. The Morgan fingerprint density at radius 3 is 2.44 bits per heavy atom. The Labute approximate surface area is 59.3 Å². The van der Waals surface area contributed by atoms with Gasteiger partial charge in [0.25, 0.3) is 0 Å². The first kappa shape index (κ1) is 7.08. The van der Waals surface area contributed by atoms with E-state index in [0.717, 1.165) is 0 Å². The van der Waals surface area contributed by atoms with Crippen molar-refractivity contribution in [1.82, 2.24) is 4.90 Å². The third-order valence-corrected chi connectivity index (χ3v) is 2.33. The summed E-state index contributed by atoms with van der Waals surface area (Å²) in [5, 5.41) is 0. The average molecular weight is 143 g/mol. The zero-order valence-corrected chi connectivity index (χ0v) is 7.09. The second kappa shape index (κ2) is 3.22. The summed E-state index contributed by atoms with van der Waals surface area (Å²) in [7, 11) is 2.65. The molecule has 0 spiro atoms. The molecule has 52 valence electrons. The molecule has 0 saturated carbocycles. The average Bonchev–Trinajstić information content (AvgIpc) is 2.37. The molecule has 0 N–H and O–H groups in total. The van der Waals surface area contributed by atoms with E-state index in [2.05, 4.69) is 26.9 Å². The number of rotatable bonds is 1. The summed E-state index contributed by atoms with van der Waals surface area (Å²) in [5.41, 5.74) is 1.40. The van der Waals surface area contributed by atoms with Crippen LogP contribution in [0.4, 0.5) is 0 Å². The highest BCUT2D eigenvalue weighted by atomic mass is 31.0. The number of nitrogens with zero attached hydrogens (tertiary/aromatic N) is 1. The van der Waals surface area contributed by atoms with Gasteiger partial charge in [-0.2, -0.15) is 0 Å². The summed E-state index contributed by atoms with van der Waals surface area (Å²) in [5.74, 6) is 2.10. The molecule has 2 heteroatoms. The van der Waals surface area contributed by atoms with Crippen LogP contribution in [0.2, 0.25) is 0 Å². The molecule has 9 heavy (non-hydrogen) atoms. The molecule has 0 bridgehead atoms. The maximum absolute atomic E-state index is 2.65. The second-order valence-corrected chi connectivity index (χ2v) is 2.84. The van der Waals surface area contributed by atoms with Crippen molar-refractivity contribution in [3.63, 3.8) is 0 Å². The third kappa shape index (κ3) is 1.69. The van der Waals surface area contributed by atoms with Crippen LogP contribution in [-0.4, -0.2) is 18.0 Å². The van der Waals surface area contributed by atoms with E-state index in [9.17, 15) is 0 Å². The summed E-state index contributed by atoms with van der Waals surface area (Å²) in [4.78, 5) is 2.42. The molecule has 1 fully saturated rings. The SMILES string of the molecule is C/C(=C\P)N1CCCC1. The van der Waals surface area contributed by atoms with E-state index in [0.29, 0.717) is 0 Å². The van der Waals surface area contributed by atoms with E-state index in [4.69, 9.17) is 0 Å². The van der Waals surface area contributed by atoms with Crippen LogP contribution >= 0.6 is 9.24 Å². The molecule has 0 aromatic heterocycles. The Hall–Kier alpha value is -0.0300. The summed E-state index contributed by atoms with van der Waals surface area (Å²) in [6, 6.07) is 0. The molecule has 0 amide bonds. The fourth-order valence-electron chi connectivity index (χ4n) is 1.18. The van der Waals surface area contributed by atoms with Gasteiger partial charge in [-0.3, -0.25) is 0 Å². The van der Waals surface area contributed by atoms with Crippen LogP contribution in [0.3, 0.4) is 0 Å². The zero-order chi connectivity index (χ0) is 6.69. The van der Waals surface area contributed by atoms with Crippen molar-refractivity contribution in [2.75, 3.05) is 13.1 Å². The standard InChI is InChI=1S/C7H14NP/c1-7(6-9)8-4-2-3-5-8/h6H,2-5,9H2,1H3/b7-6+. The van der Waals surface area contributed by atoms with Gasteiger partial charge in [-0.1, -0.05) is 0 Å². The van der Waals surface area contributed by atoms with Crippen molar-refractivity contribution in [3.05, 3.63) is 11.5 Å². The van der Waals surface area contributed by atoms with Crippen molar-refractivity contribution in [2.24, 2.45) is 0 Å². The maximum Gasteiger partial charge on any atom is 0.0175 e. The number of likely N-dealkylation sites (tertiary alicyclic amines) is 1. The summed E-state index contributed by atoms with van der Waals surface area (Å²) in [6.07, 6.45) is 2.74. The molecule has 0 aromatic carbocycles. The van der Waals surface area contributed by atoms with E-state index in [1.165, 1.54) is 31.6 Å². The first-order valence-electron chi connectivity index (χ1n) is 3.48. The van der Waals surface area contributed by atoms with Crippen molar-refractivity contribution < 1.29 is 0 Å². The quantitative estimate of drug-likeness (QED) is 0.506. The minimum Gasteiger partial charge on any atom is -0.375 e. The lowest BCUT2D eigenvalue weighted by Gasteiger charge is -2.16. The first-order valence-corrected chi connectivity index (χ1v) is 4.14. The van der Waals surface area contributed by atoms with Crippen LogP contribution < -0.4 is 0 Å². The van der Waals surface area contributed by atoms with Gasteiger partial charge in [0.05, 0.1) is 0 Å². The van der Waals surface area contributed by atoms with E-state index >= 15 is 0 Å². The molecule has 1 atom stereocenters. The molecule has 0 radical (unpaired) electrons. The van der Waals surface area contributed by atoms with Crippen molar-refractivity contribution in [3.8, 4) is 0 Å². The minimum atomic E-state index is 1.26. The molecule has 0 aliphatic carbocycles. The Balaban J connectivity index is 2.42. The fourth-order valence-corrected chi connectivity index (χ4v) is 1.39. The van der Waals surface area contributed by atoms with Gasteiger partial charge >= 0.3 is 0 Å². The van der Waals surface area contributed by atoms with E-state index in [-0.39, 0.29) is 0 Å². The third-order valence-electron chi connectivity index (χ3n) is 1.85. The molecule has 1 rings (SSSR count). The Bertz CT molecular complexity index is 114. The van der Waals surface area contributed by atoms with Crippen molar-refractivity contribution in [2.45, 2.75) is 19.8 Å².